The van der Waals surface area contributed by atoms with Gasteiger partial charge in [-0.3, -0.25) is 0 Å². The second kappa shape index (κ2) is 7.55. The highest BCUT2D eigenvalue weighted by molar-refractivity contribution is 9.07. The van der Waals surface area contributed by atoms with Crippen LogP contribution in [0.15, 0.2) is 0 Å². The molecule has 0 saturated heterocycles. The SMILES string of the molecule is CCCCN(Br)CCCC. The molecule has 0 heterocycles. The lowest BCUT2D eigenvalue weighted by Crippen LogP contribution is -2.13. The van der Waals surface area contributed by atoms with Crippen LogP contribution >= 0.6 is 16.1 Å². The third-order valence-corrected chi connectivity index (χ3v) is 2.22. The molecule has 0 N–H and O–H groups in total. The minimum atomic E-state index is 1.19. The highest BCUT2D eigenvalue weighted by Gasteiger charge is 1.96. The van der Waals surface area contributed by atoms with Crippen LogP contribution in [-0.4, -0.2) is 17.0 Å². The van der Waals surface area contributed by atoms with Crippen LogP contribution in [0.5, 0.6) is 0 Å². The topological polar surface area (TPSA) is 3.24 Å². The number of nitrogens with zero attached hydrogens (tertiary/aromatic N) is 1. The Hall–Kier alpha value is 0.440. The first-order chi connectivity index (χ1) is 4.81. The maximum absolute atomic E-state index is 3.51. The summed E-state index contributed by atoms with van der Waals surface area (Å²) in [6.07, 6.45) is 5.17. The minimum Gasteiger partial charge on any atom is -0.242 e. The molecular formula is C8H18BrN. The van der Waals surface area contributed by atoms with Crippen molar-refractivity contribution >= 4 is 16.1 Å². The van der Waals surface area contributed by atoms with Crippen LogP contribution in [0.1, 0.15) is 39.5 Å². The smallest absolute Gasteiger partial charge is 0.0120 e. The molecule has 0 rings (SSSR count). The average Bonchev–Trinajstić information content (AvgIpc) is 1.97. The summed E-state index contributed by atoms with van der Waals surface area (Å²) in [5, 5.41) is 0. The van der Waals surface area contributed by atoms with Crippen LogP contribution < -0.4 is 0 Å². The van der Waals surface area contributed by atoms with Gasteiger partial charge < -0.3 is 0 Å². The Morgan fingerprint density at radius 3 is 1.70 bits per heavy atom. The summed E-state index contributed by atoms with van der Waals surface area (Å²) in [6.45, 7) is 6.83. The molecule has 0 aliphatic heterocycles. The zero-order valence-corrected chi connectivity index (χ0v) is 8.65. The first-order valence-corrected chi connectivity index (χ1v) is 4.92. The Morgan fingerprint density at radius 1 is 1.00 bits per heavy atom. The van der Waals surface area contributed by atoms with Crippen LogP contribution in [0.25, 0.3) is 0 Å². The predicted octanol–water partition coefficient (Wildman–Crippen LogP) is 3.20. The molecule has 0 amide bonds. The number of hydrogen-bond acceptors (Lipinski definition) is 1. The van der Waals surface area contributed by atoms with E-state index < -0.39 is 0 Å². The summed E-state index contributed by atoms with van der Waals surface area (Å²) in [5.74, 6) is 0. The van der Waals surface area contributed by atoms with E-state index in [0.29, 0.717) is 0 Å². The molecule has 0 radical (unpaired) electrons. The van der Waals surface area contributed by atoms with Crippen molar-refractivity contribution in [3.63, 3.8) is 0 Å². The van der Waals surface area contributed by atoms with Gasteiger partial charge in [-0.15, -0.1) is 0 Å². The zero-order valence-electron chi connectivity index (χ0n) is 7.07. The lowest BCUT2D eigenvalue weighted by molar-refractivity contribution is 0.458. The van der Waals surface area contributed by atoms with E-state index in [1.165, 1.54) is 38.8 Å². The second-order valence-corrected chi connectivity index (χ2v) is 3.62. The van der Waals surface area contributed by atoms with E-state index in [2.05, 4.69) is 33.9 Å². The van der Waals surface area contributed by atoms with E-state index >= 15 is 0 Å². The molecule has 0 spiro atoms. The van der Waals surface area contributed by atoms with Crippen LogP contribution in [0.3, 0.4) is 0 Å². The van der Waals surface area contributed by atoms with E-state index in [4.69, 9.17) is 0 Å². The van der Waals surface area contributed by atoms with E-state index in [9.17, 15) is 0 Å². The molecule has 10 heavy (non-hydrogen) atoms. The molecule has 0 bridgehead atoms. The average molecular weight is 208 g/mol. The number of rotatable bonds is 6. The molecule has 0 saturated carbocycles. The third kappa shape index (κ3) is 6.56. The van der Waals surface area contributed by atoms with E-state index in [-0.39, 0.29) is 0 Å². The molecule has 0 unspecified atom stereocenters. The van der Waals surface area contributed by atoms with Gasteiger partial charge in [0.1, 0.15) is 0 Å². The van der Waals surface area contributed by atoms with Crippen molar-refractivity contribution in [2.75, 3.05) is 13.1 Å². The molecule has 0 atom stereocenters. The van der Waals surface area contributed by atoms with Gasteiger partial charge in [-0.1, -0.05) is 26.7 Å². The van der Waals surface area contributed by atoms with Gasteiger partial charge in [0.05, 0.1) is 0 Å². The van der Waals surface area contributed by atoms with Crippen molar-refractivity contribution in [1.82, 2.24) is 3.93 Å². The Labute approximate surface area is 73.1 Å². The van der Waals surface area contributed by atoms with Crippen LogP contribution in [-0.2, 0) is 0 Å². The highest BCUT2D eigenvalue weighted by Crippen LogP contribution is 2.03. The summed E-state index contributed by atoms with van der Waals surface area (Å²) >= 11 is 3.51. The molecule has 1 nitrogen and oxygen atoms in total. The standard InChI is InChI=1S/C8H18BrN/c1-3-5-7-10(9)8-6-4-2/h3-8H2,1-2H3. The minimum absolute atomic E-state index is 1.19. The van der Waals surface area contributed by atoms with Crippen LogP contribution in [0, 0.1) is 0 Å². The van der Waals surface area contributed by atoms with E-state index in [1.54, 1.807) is 0 Å². The zero-order chi connectivity index (χ0) is 7.82. The van der Waals surface area contributed by atoms with E-state index in [1.807, 2.05) is 0 Å². The molecule has 0 aliphatic rings. The molecule has 0 fully saturated rings. The number of hydrogen-bond donors (Lipinski definition) is 0. The van der Waals surface area contributed by atoms with Gasteiger partial charge in [0.25, 0.3) is 0 Å². The summed E-state index contributed by atoms with van der Waals surface area (Å²) in [5.41, 5.74) is 0. The van der Waals surface area contributed by atoms with Gasteiger partial charge in [-0.25, -0.2) is 3.93 Å². The van der Waals surface area contributed by atoms with Gasteiger partial charge >= 0.3 is 0 Å². The Kier molecular flexibility index (Phi) is 7.88. The maximum Gasteiger partial charge on any atom is 0.0120 e. The fourth-order valence-corrected chi connectivity index (χ4v) is 1.27. The summed E-state index contributed by atoms with van der Waals surface area (Å²) in [6, 6.07) is 0. The fourth-order valence-electron chi connectivity index (χ4n) is 0.771. The third-order valence-electron chi connectivity index (χ3n) is 1.51. The van der Waals surface area contributed by atoms with E-state index in [0.717, 1.165) is 0 Å². The van der Waals surface area contributed by atoms with Crippen molar-refractivity contribution in [2.24, 2.45) is 0 Å². The number of unbranched alkanes of at least 4 members (excludes halogenated alkanes) is 2. The molecular weight excluding hydrogens is 190 g/mol. The van der Waals surface area contributed by atoms with Gasteiger partial charge in [-0.2, -0.15) is 0 Å². The van der Waals surface area contributed by atoms with Crippen molar-refractivity contribution in [3.8, 4) is 0 Å². The normalized spacial score (nSPS) is 10.8. The van der Waals surface area contributed by atoms with Crippen molar-refractivity contribution in [1.29, 1.82) is 0 Å². The van der Waals surface area contributed by atoms with Gasteiger partial charge in [0, 0.05) is 29.2 Å². The first kappa shape index (κ1) is 10.4. The Bertz CT molecular complexity index is 58.3. The summed E-state index contributed by atoms with van der Waals surface area (Å²) in [4.78, 5) is 0. The molecule has 0 aromatic rings. The largest absolute Gasteiger partial charge is 0.242 e. The molecule has 2 heteroatoms. The fraction of sp³-hybridized carbons (Fsp3) is 1.00. The first-order valence-electron chi connectivity index (χ1n) is 4.22. The van der Waals surface area contributed by atoms with Crippen molar-refractivity contribution < 1.29 is 0 Å². The van der Waals surface area contributed by atoms with Gasteiger partial charge in [-0.05, 0) is 12.8 Å². The quantitative estimate of drug-likeness (QED) is 0.606. The van der Waals surface area contributed by atoms with Gasteiger partial charge in [0.15, 0.2) is 0 Å². The molecule has 0 aromatic carbocycles. The van der Waals surface area contributed by atoms with Gasteiger partial charge in [0.2, 0.25) is 0 Å². The number of halogens is 1. The van der Waals surface area contributed by atoms with Crippen molar-refractivity contribution in [3.05, 3.63) is 0 Å². The highest BCUT2D eigenvalue weighted by atomic mass is 79.9. The van der Waals surface area contributed by atoms with Crippen LogP contribution in [0.2, 0.25) is 0 Å². The monoisotopic (exact) mass is 207 g/mol. The lowest BCUT2D eigenvalue weighted by atomic mass is 10.3. The predicted molar refractivity (Wildman–Crippen MR) is 50.3 cm³/mol. The van der Waals surface area contributed by atoms with Crippen molar-refractivity contribution in [2.45, 2.75) is 39.5 Å². The Morgan fingerprint density at radius 2 is 1.40 bits per heavy atom. The summed E-state index contributed by atoms with van der Waals surface area (Å²) in [7, 11) is 0. The maximum atomic E-state index is 3.51. The summed E-state index contributed by atoms with van der Waals surface area (Å²) < 4.78 is 2.24. The molecule has 0 aromatic heterocycles. The van der Waals surface area contributed by atoms with Crippen LogP contribution in [0.4, 0.5) is 0 Å². The molecule has 62 valence electrons. The lowest BCUT2D eigenvalue weighted by Gasteiger charge is -2.11. The second-order valence-electron chi connectivity index (χ2n) is 2.62. The molecule has 0 aliphatic carbocycles. The Balaban J connectivity index is 3.00.